The molecule has 0 bridgehead atoms. The topological polar surface area (TPSA) is 157 Å². The lowest BCUT2D eigenvalue weighted by Crippen LogP contribution is -2.54. The number of nitrogens with one attached hydrogen (secondary N) is 2. The number of methoxy groups -OCH3 is 1. The largest absolute Gasteiger partial charge is 0.497 e. The Balaban J connectivity index is 1.84. The highest BCUT2D eigenvalue weighted by molar-refractivity contribution is 5.99. The first-order valence-electron chi connectivity index (χ1n) is 11.6. The Kier molecular flexibility index (Phi) is 9.36. The van der Waals surface area contributed by atoms with Crippen LogP contribution in [-0.4, -0.2) is 54.1 Å². The van der Waals surface area contributed by atoms with Crippen molar-refractivity contribution in [3.8, 4) is 5.75 Å². The molecule has 0 saturated heterocycles. The normalized spacial score (nSPS) is 11.9. The monoisotopic (exact) mass is 534 g/mol. The lowest BCUT2D eigenvalue weighted by Gasteiger charge is -2.23. The van der Waals surface area contributed by atoms with E-state index in [1.54, 1.807) is 38.1 Å². The molecule has 0 aliphatic heterocycles. The van der Waals surface area contributed by atoms with Crippen LogP contribution in [0.25, 0.3) is 0 Å². The molecule has 202 valence electrons. The molecule has 39 heavy (non-hydrogen) atoms. The highest BCUT2D eigenvalue weighted by atomic mass is 16.6. The number of hydrogen-bond acceptors (Lipinski definition) is 8. The third-order valence-electron chi connectivity index (χ3n) is 5.40. The standard InChI is InChI=1S/C28H26N2O9/c1-16-6-4-8-19(14-16)27(35)38-22(23(26(33)34)39-28(36)20-9-5-7-17(2)15-20)25(32)30-29-24(31)18-10-12-21(37-3)13-11-18/h4-15,22-23H,1-3H3,(H,29,31)(H,30,32)(H,33,34)/t22-,23-/m0/s1. The number of ether oxygens (including phenoxy) is 3. The molecule has 0 saturated carbocycles. The Hall–Kier alpha value is -5.19. The molecule has 0 aromatic heterocycles. The Bertz CT molecular complexity index is 1390. The summed E-state index contributed by atoms with van der Waals surface area (Å²) >= 11 is 0. The highest BCUT2D eigenvalue weighted by Gasteiger charge is 2.41. The van der Waals surface area contributed by atoms with Gasteiger partial charge in [-0.05, 0) is 62.4 Å². The van der Waals surface area contributed by atoms with Crippen molar-refractivity contribution in [2.24, 2.45) is 0 Å². The summed E-state index contributed by atoms with van der Waals surface area (Å²) in [6, 6.07) is 18.2. The number of esters is 2. The fraction of sp³-hybridized carbons (Fsp3) is 0.179. The van der Waals surface area contributed by atoms with Gasteiger partial charge in [0, 0.05) is 5.56 Å². The minimum absolute atomic E-state index is 0.0261. The van der Waals surface area contributed by atoms with Crippen LogP contribution in [0.5, 0.6) is 5.75 Å². The summed E-state index contributed by atoms with van der Waals surface area (Å²) < 4.78 is 15.4. The summed E-state index contributed by atoms with van der Waals surface area (Å²) in [4.78, 5) is 63.2. The first-order valence-corrected chi connectivity index (χ1v) is 11.6. The van der Waals surface area contributed by atoms with Crippen LogP contribution in [0, 0.1) is 13.8 Å². The molecule has 2 atom stereocenters. The minimum atomic E-state index is -2.25. The summed E-state index contributed by atoms with van der Waals surface area (Å²) in [5, 5.41) is 9.83. The zero-order valence-corrected chi connectivity index (χ0v) is 21.3. The van der Waals surface area contributed by atoms with E-state index in [2.05, 4.69) is 5.43 Å². The number of carboxylic acids is 1. The highest BCUT2D eigenvalue weighted by Crippen LogP contribution is 2.15. The number of hydrogen-bond donors (Lipinski definition) is 3. The summed E-state index contributed by atoms with van der Waals surface area (Å²) in [6.45, 7) is 3.44. The van der Waals surface area contributed by atoms with Gasteiger partial charge in [0.2, 0.25) is 12.2 Å². The van der Waals surface area contributed by atoms with Gasteiger partial charge >= 0.3 is 17.9 Å². The van der Waals surface area contributed by atoms with E-state index >= 15 is 0 Å². The quantitative estimate of drug-likeness (QED) is 0.277. The summed E-state index contributed by atoms with van der Waals surface area (Å²) in [7, 11) is 1.46. The molecule has 0 heterocycles. The molecule has 0 aliphatic rings. The van der Waals surface area contributed by atoms with Crippen molar-refractivity contribution in [1.82, 2.24) is 10.9 Å². The second-order valence-corrected chi connectivity index (χ2v) is 8.40. The smallest absolute Gasteiger partial charge is 0.349 e. The molecular formula is C28H26N2O9. The molecule has 0 aliphatic carbocycles. The van der Waals surface area contributed by atoms with Gasteiger partial charge in [0.05, 0.1) is 18.2 Å². The number of carboxylic acid groups (broad SMARTS) is 1. The second kappa shape index (κ2) is 12.9. The predicted octanol–water partition coefficient (Wildman–Crippen LogP) is 2.61. The number of carbonyl (C=O) groups excluding carboxylic acids is 4. The van der Waals surface area contributed by atoms with E-state index in [1.807, 2.05) is 5.43 Å². The molecule has 3 rings (SSSR count). The number of benzene rings is 3. The van der Waals surface area contributed by atoms with E-state index in [0.29, 0.717) is 16.9 Å². The van der Waals surface area contributed by atoms with Crippen LogP contribution in [0.4, 0.5) is 0 Å². The number of amides is 2. The van der Waals surface area contributed by atoms with Gasteiger partial charge in [-0.25, -0.2) is 14.4 Å². The van der Waals surface area contributed by atoms with Crippen LogP contribution in [-0.2, 0) is 19.1 Å². The van der Waals surface area contributed by atoms with Crippen molar-refractivity contribution >= 4 is 29.7 Å². The lowest BCUT2D eigenvalue weighted by atomic mass is 10.1. The van der Waals surface area contributed by atoms with Crippen LogP contribution in [0.2, 0.25) is 0 Å². The molecule has 3 N–H and O–H groups in total. The van der Waals surface area contributed by atoms with Gasteiger partial charge in [-0.3, -0.25) is 20.4 Å². The molecule has 0 radical (unpaired) electrons. The average molecular weight is 535 g/mol. The van der Waals surface area contributed by atoms with Crippen molar-refractivity contribution in [2.75, 3.05) is 7.11 Å². The van der Waals surface area contributed by atoms with Crippen LogP contribution in [0.15, 0.2) is 72.8 Å². The van der Waals surface area contributed by atoms with Crippen molar-refractivity contribution in [2.45, 2.75) is 26.1 Å². The average Bonchev–Trinajstić information content (AvgIpc) is 2.93. The molecule has 0 spiro atoms. The SMILES string of the molecule is COc1ccc(C(=O)NNC(=O)[C@@H](OC(=O)c2cccc(C)c2)[C@H](OC(=O)c2cccc(C)c2)C(=O)O)cc1. The second-order valence-electron chi connectivity index (χ2n) is 8.40. The minimum Gasteiger partial charge on any atom is -0.497 e. The molecule has 0 unspecified atom stereocenters. The van der Waals surface area contributed by atoms with E-state index < -0.39 is 41.9 Å². The van der Waals surface area contributed by atoms with E-state index in [-0.39, 0.29) is 16.7 Å². The fourth-order valence-corrected chi connectivity index (χ4v) is 3.41. The maximum atomic E-state index is 13.1. The van der Waals surface area contributed by atoms with Crippen LogP contribution in [0.1, 0.15) is 42.2 Å². The first kappa shape index (κ1) is 28.4. The third-order valence-corrected chi connectivity index (χ3v) is 5.40. The number of carbonyl (C=O) groups is 5. The Morgan fingerprint density at radius 2 is 1.21 bits per heavy atom. The summed E-state index contributed by atoms with van der Waals surface area (Å²) in [5.74, 6) is -5.36. The number of aryl methyl sites for hydroxylation is 2. The summed E-state index contributed by atoms with van der Waals surface area (Å²) in [5.41, 5.74) is 5.77. The molecule has 0 fully saturated rings. The van der Waals surface area contributed by atoms with Crippen LogP contribution < -0.4 is 15.6 Å². The Morgan fingerprint density at radius 1 is 0.692 bits per heavy atom. The van der Waals surface area contributed by atoms with E-state index in [4.69, 9.17) is 14.2 Å². The molecule has 3 aromatic carbocycles. The van der Waals surface area contributed by atoms with Gasteiger partial charge in [0.15, 0.2) is 0 Å². The number of aliphatic carboxylic acids is 1. The van der Waals surface area contributed by atoms with Crippen molar-refractivity contribution in [3.05, 3.63) is 101 Å². The van der Waals surface area contributed by atoms with Gasteiger partial charge in [-0.15, -0.1) is 0 Å². The van der Waals surface area contributed by atoms with Crippen LogP contribution >= 0.6 is 0 Å². The lowest BCUT2D eigenvalue weighted by molar-refractivity contribution is -0.159. The van der Waals surface area contributed by atoms with Gasteiger partial charge in [-0.1, -0.05) is 35.4 Å². The molecule has 2 amide bonds. The number of hydrazine groups is 1. The fourth-order valence-electron chi connectivity index (χ4n) is 3.41. The molecule has 11 nitrogen and oxygen atoms in total. The van der Waals surface area contributed by atoms with Gasteiger partial charge in [-0.2, -0.15) is 0 Å². The van der Waals surface area contributed by atoms with Crippen molar-refractivity contribution in [1.29, 1.82) is 0 Å². The predicted molar refractivity (Wildman–Crippen MR) is 137 cm³/mol. The Labute approximate surface area is 223 Å². The van der Waals surface area contributed by atoms with E-state index in [0.717, 1.165) is 0 Å². The first-order chi connectivity index (χ1) is 18.6. The maximum absolute atomic E-state index is 13.1. The van der Waals surface area contributed by atoms with Crippen LogP contribution in [0.3, 0.4) is 0 Å². The zero-order valence-electron chi connectivity index (χ0n) is 21.3. The molecule has 11 heteroatoms. The van der Waals surface area contributed by atoms with Gasteiger partial charge < -0.3 is 19.3 Å². The maximum Gasteiger partial charge on any atom is 0.349 e. The van der Waals surface area contributed by atoms with Gasteiger partial charge in [0.1, 0.15) is 5.75 Å². The molecular weight excluding hydrogens is 508 g/mol. The van der Waals surface area contributed by atoms with Gasteiger partial charge in [0.25, 0.3) is 11.8 Å². The number of rotatable bonds is 9. The zero-order chi connectivity index (χ0) is 28.5. The van der Waals surface area contributed by atoms with E-state index in [1.165, 1.54) is 55.6 Å². The van der Waals surface area contributed by atoms with Crippen molar-refractivity contribution < 1.29 is 43.3 Å². The van der Waals surface area contributed by atoms with Crippen molar-refractivity contribution in [3.63, 3.8) is 0 Å². The summed E-state index contributed by atoms with van der Waals surface area (Å²) in [6.07, 6.45) is -4.41. The van der Waals surface area contributed by atoms with E-state index in [9.17, 15) is 29.1 Å². The molecule has 3 aromatic rings. The Morgan fingerprint density at radius 3 is 1.67 bits per heavy atom. The third kappa shape index (κ3) is 7.65.